The van der Waals surface area contributed by atoms with Crippen LogP contribution in [0.3, 0.4) is 0 Å². The Morgan fingerprint density at radius 2 is 1.83 bits per heavy atom. The van der Waals surface area contributed by atoms with E-state index in [1.54, 1.807) is 67.0 Å². The molecule has 2 amide bonds. The quantitative estimate of drug-likeness (QED) is 0.563. The molecule has 0 aliphatic heterocycles. The van der Waals surface area contributed by atoms with Crippen molar-refractivity contribution in [1.29, 1.82) is 0 Å². The number of thiophene rings is 1. The van der Waals surface area contributed by atoms with Gasteiger partial charge in [0.05, 0.1) is 7.11 Å². The molecule has 0 atom stereocenters. The highest BCUT2D eigenvalue weighted by molar-refractivity contribution is 7.09. The summed E-state index contributed by atoms with van der Waals surface area (Å²) in [5.41, 5.74) is 1.18. The molecule has 0 aliphatic carbocycles. The van der Waals surface area contributed by atoms with Crippen LogP contribution in [0.5, 0.6) is 11.5 Å². The Balaban J connectivity index is 1.43. The molecule has 0 spiro atoms. The van der Waals surface area contributed by atoms with Crippen LogP contribution in [0.2, 0.25) is 0 Å². The van der Waals surface area contributed by atoms with Crippen molar-refractivity contribution in [3.8, 4) is 11.5 Å². The molecule has 2 aromatic carbocycles. The van der Waals surface area contributed by atoms with E-state index < -0.39 is 0 Å². The van der Waals surface area contributed by atoms with E-state index in [0.717, 1.165) is 6.42 Å². The average Bonchev–Trinajstić information content (AvgIpc) is 3.26. The van der Waals surface area contributed by atoms with Gasteiger partial charge in [-0.1, -0.05) is 12.1 Å². The van der Waals surface area contributed by atoms with Crippen LogP contribution in [0.1, 0.15) is 15.2 Å². The Morgan fingerprint density at radius 1 is 1.00 bits per heavy atom. The zero-order valence-corrected chi connectivity index (χ0v) is 16.8. The van der Waals surface area contributed by atoms with Crippen LogP contribution in [-0.4, -0.2) is 32.1 Å². The van der Waals surface area contributed by atoms with Gasteiger partial charge < -0.3 is 20.1 Å². The molecule has 3 rings (SSSR count). The number of benzene rings is 2. The molecule has 3 aromatic rings. The molecule has 0 saturated carbocycles. The van der Waals surface area contributed by atoms with E-state index in [0.29, 0.717) is 29.3 Å². The Labute approximate surface area is 173 Å². The second-order valence-corrected chi connectivity index (χ2v) is 7.21. The maximum Gasteiger partial charge on any atom is 0.262 e. The summed E-state index contributed by atoms with van der Waals surface area (Å²) < 4.78 is 10.6. The molecule has 150 valence electrons. The summed E-state index contributed by atoms with van der Waals surface area (Å²) >= 11 is 1.68. The zero-order valence-electron chi connectivity index (χ0n) is 16.0. The van der Waals surface area contributed by atoms with Crippen molar-refractivity contribution < 1.29 is 19.1 Å². The van der Waals surface area contributed by atoms with Gasteiger partial charge in [0.1, 0.15) is 11.5 Å². The summed E-state index contributed by atoms with van der Waals surface area (Å²) in [4.78, 5) is 25.5. The molecule has 0 aliphatic rings. The number of ether oxygens (including phenoxy) is 2. The molecule has 7 heteroatoms. The predicted octanol–water partition coefficient (Wildman–Crippen LogP) is 3.75. The number of hydrogen-bond donors (Lipinski definition) is 2. The second-order valence-electron chi connectivity index (χ2n) is 6.18. The summed E-state index contributed by atoms with van der Waals surface area (Å²) in [6.07, 6.45) is 0.813. The van der Waals surface area contributed by atoms with Crippen LogP contribution < -0.4 is 20.1 Å². The van der Waals surface area contributed by atoms with Crippen molar-refractivity contribution in [3.05, 3.63) is 76.5 Å². The predicted molar refractivity (Wildman–Crippen MR) is 114 cm³/mol. The summed E-state index contributed by atoms with van der Waals surface area (Å²) in [7, 11) is 1.57. The first-order valence-electron chi connectivity index (χ1n) is 9.11. The number of rotatable bonds is 9. The first kappa shape index (κ1) is 20.4. The first-order valence-corrected chi connectivity index (χ1v) is 9.99. The molecule has 0 saturated heterocycles. The van der Waals surface area contributed by atoms with E-state index in [1.165, 1.54) is 4.88 Å². The van der Waals surface area contributed by atoms with Crippen LogP contribution >= 0.6 is 11.3 Å². The number of anilines is 1. The molecule has 6 nitrogen and oxygen atoms in total. The minimum absolute atomic E-state index is 0.135. The van der Waals surface area contributed by atoms with Gasteiger partial charge in [0.25, 0.3) is 11.8 Å². The zero-order chi connectivity index (χ0) is 20.5. The number of nitrogens with one attached hydrogen (secondary N) is 2. The molecule has 0 unspecified atom stereocenters. The molecular weight excluding hydrogens is 388 g/mol. The minimum Gasteiger partial charge on any atom is -0.497 e. The summed E-state index contributed by atoms with van der Waals surface area (Å²) in [5.74, 6) is 0.756. The number of hydrogen-bond acceptors (Lipinski definition) is 5. The van der Waals surface area contributed by atoms with Crippen molar-refractivity contribution in [2.75, 3.05) is 25.6 Å². The second kappa shape index (κ2) is 10.3. The normalized spacial score (nSPS) is 10.2. The Hall–Kier alpha value is -3.32. The van der Waals surface area contributed by atoms with Crippen LogP contribution in [0.15, 0.2) is 66.0 Å². The molecule has 29 heavy (non-hydrogen) atoms. The van der Waals surface area contributed by atoms with E-state index in [4.69, 9.17) is 9.47 Å². The summed E-state index contributed by atoms with van der Waals surface area (Å²) in [6.45, 7) is 0.450. The van der Waals surface area contributed by atoms with Gasteiger partial charge in [-0.25, -0.2) is 0 Å². The first-order chi connectivity index (χ1) is 14.1. The van der Waals surface area contributed by atoms with Crippen LogP contribution in [0.4, 0.5) is 5.69 Å². The Bertz CT molecular complexity index is 940. The third-order valence-corrected chi connectivity index (χ3v) is 5.01. The third-order valence-electron chi connectivity index (χ3n) is 4.08. The van der Waals surface area contributed by atoms with Gasteiger partial charge in [0, 0.05) is 28.7 Å². The van der Waals surface area contributed by atoms with E-state index in [9.17, 15) is 9.59 Å². The van der Waals surface area contributed by atoms with Gasteiger partial charge in [-0.05, 0) is 54.3 Å². The van der Waals surface area contributed by atoms with Crippen LogP contribution in [-0.2, 0) is 11.2 Å². The highest BCUT2D eigenvalue weighted by Gasteiger charge is 2.08. The van der Waals surface area contributed by atoms with Crippen LogP contribution in [0, 0.1) is 0 Å². The molecule has 0 radical (unpaired) electrons. The Morgan fingerprint density at radius 3 is 2.55 bits per heavy atom. The van der Waals surface area contributed by atoms with Crippen molar-refractivity contribution in [2.24, 2.45) is 0 Å². The standard InChI is InChI=1S/C22H22N2O4S/c1-27-19-5-2-4-17(14-19)24-21(25)15-28-18-9-7-16(8-10-18)22(26)23-12-11-20-6-3-13-29-20/h2-10,13-14H,11-12,15H2,1H3,(H,23,26)(H,24,25). The maximum absolute atomic E-state index is 12.2. The number of methoxy groups -OCH3 is 1. The fraction of sp³-hybridized carbons (Fsp3) is 0.182. The molecule has 2 N–H and O–H groups in total. The average molecular weight is 410 g/mol. The van der Waals surface area contributed by atoms with Crippen LogP contribution in [0.25, 0.3) is 0 Å². The largest absolute Gasteiger partial charge is 0.497 e. The highest BCUT2D eigenvalue weighted by Crippen LogP contribution is 2.17. The highest BCUT2D eigenvalue weighted by atomic mass is 32.1. The van der Waals surface area contributed by atoms with E-state index >= 15 is 0 Å². The van der Waals surface area contributed by atoms with Crippen molar-refractivity contribution >= 4 is 28.8 Å². The lowest BCUT2D eigenvalue weighted by Crippen LogP contribution is -2.25. The van der Waals surface area contributed by atoms with Gasteiger partial charge in [-0.3, -0.25) is 9.59 Å². The maximum atomic E-state index is 12.2. The molecule has 0 bridgehead atoms. The van der Waals surface area contributed by atoms with E-state index in [-0.39, 0.29) is 18.4 Å². The molecular formula is C22H22N2O4S. The topological polar surface area (TPSA) is 76.7 Å². The number of carbonyl (C=O) groups is 2. The molecule has 1 heterocycles. The summed E-state index contributed by atoms with van der Waals surface area (Å²) in [6, 6.07) is 17.8. The van der Waals surface area contributed by atoms with Gasteiger partial charge in [0.2, 0.25) is 0 Å². The van der Waals surface area contributed by atoms with Gasteiger partial charge >= 0.3 is 0 Å². The monoisotopic (exact) mass is 410 g/mol. The van der Waals surface area contributed by atoms with Crippen molar-refractivity contribution in [1.82, 2.24) is 5.32 Å². The molecule has 0 fully saturated rings. The number of amides is 2. The lowest BCUT2D eigenvalue weighted by atomic mass is 10.2. The van der Waals surface area contributed by atoms with Crippen molar-refractivity contribution in [2.45, 2.75) is 6.42 Å². The molecule has 1 aromatic heterocycles. The van der Waals surface area contributed by atoms with E-state index in [2.05, 4.69) is 10.6 Å². The lowest BCUT2D eigenvalue weighted by molar-refractivity contribution is -0.118. The van der Waals surface area contributed by atoms with Crippen molar-refractivity contribution in [3.63, 3.8) is 0 Å². The fourth-order valence-corrected chi connectivity index (χ4v) is 3.31. The summed E-state index contributed by atoms with van der Waals surface area (Å²) in [5, 5.41) is 7.66. The minimum atomic E-state index is -0.284. The SMILES string of the molecule is COc1cccc(NC(=O)COc2ccc(C(=O)NCCc3cccs3)cc2)c1. The smallest absolute Gasteiger partial charge is 0.262 e. The van der Waals surface area contributed by atoms with E-state index in [1.807, 2.05) is 17.5 Å². The fourth-order valence-electron chi connectivity index (χ4n) is 2.61. The van der Waals surface area contributed by atoms with Gasteiger partial charge in [-0.2, -0.15) is 0 Å². The van der Waals surface area contributed by atoms with Gasteiger partial charge in [0.15, 0.2) is 6.61 Å². The lowest BCUT2D eigenvalue weighted by Gasteiger charge is -2.09. The van der Waals surface area contributed by atoms with Gasteiger partial charge in [-0.15, -0.1) is 11.3 Å². The Kier molecular flexibility index (Phi) is 7.24. The number of carbonyl (C=O) groups excluding carboxylic acids is 2. The third kappa shape index (κ3) is 6.36.